The molecule has 1 rings (SSSR count). The summed E-state index contributed by atoms with van der Waals surface area (Å²) < 4.78 is 10.7. The van der Waals surface area contributed by atoms with E-state index in [2.05, 4.69) is 19.1 Å². The first kappa shape index (κ1) is 26.6. The van der Waals surface area contributed by atoms with Crippen LogP contribution in [-0.2, 0) is 9.47 Å². The van der Waals surface area contributed by atoms with Crippen molar-refractivity contribution in [3.05, 3.63) is 12.2 Å². The van der Waals surface area contributed by atoms with E-state index in [1.54, 1.807) is 0 Å². The van der Waals surface area contributed by atoms with E-state index in [1.165, 1.54) is 77.0 Å². The molecule has 4 atom stereocenters. The van der Waals surface area contributed by atoms with Crippen molar-refractivity contribution < 1.29 is 24.8 Å². The van der Waals surface area contributed by atoms with E-state index in [9.17, 15) is 15.3 Å². The minimum absolute atomic E-state index is 0.0667. The molecule has 172 valence electrons. The molecule has 0 amide bonds. The lowest BCUT2D eigenvalue weighted by atomic mass is 10.1. The maximum absolute atomic E-state index is 9.94. The smallest absolute Gasteiger partial charge is 0.114 e. The van der Waals surface area contributed by atoms with E-state index in [-0.39, 0.29) is 13.2 Å². The number of hydrogen-bond acceptors (Lipinski definition) is 5. The van der Waals surface area contributed by atoms with E-state index in [0.29, 0.717) is 6.61 Å². The van der Waals surface area contributed by atoms with Gasteiger partial charge in [0.1, 0.15) is 24.4 Å². The molecule has 1 saturated heterocycles. The van der Waals surface area contributed by atoms with Crippen LogP contribution >= 0.6 is 0 Å². The zero-order valence-corrected chi connectivity index (χ0v) is 18.6. The lowest BCUT2D eigenvalue weighted by Gasteiger charge is -2.20. The molecule has 1 heterocycles. The Kier molecular flexibility index (Phi) is 16.8. The highest BCUT2D eigenvalue weighted by Gasteiger charge is 2.39. The van der Waals surface area contributed by atoms with Crippen molar-refractivity contribution in [2.75, 3.05) is 19.8 Å². The van der Waals surface area contributed by atoms with Gasteiger partial charge in [0.15, 0.2) is 0 Å². The molecule has 5 heteroatoms. The topological polar surface area (TPSA) is 79.2 Å². The number of aliphatic hydroxyl groups excluding tert-OH is 3. The summed E-state index contributed by atoms with van der Waals surface area (Å²) >= 11 is 0. The van der Waals surface area contributed by atoms with Gasteiger partial charge in [0, 0.05) is 6.61 Å². The van der Waals surface area contributed by atoms with E-state index < -0.39 is 24.4 Å². The quantitative estimate of drug-likeness (QED) is 0.214. The second-order valence-electron chi connectivity index (χ2n) is 8.44. The largest absolute Gasteiger partial charge is 0.388 e. The monoisotopic (exact) mass is 414 g/mol. The van der Waals surface area contributed by atoms with Gasteiger partial charge in [-0.1, -0.05) is 76.9 Å². The Morgan fingerprint density at radius 1 is 0.862 bits per heavy atom. The van der Waals surface area contributed by atoms with Crippen LogP contribution in [0.1, 0.15) is 96.8 Å². The van der Waals surface area contributed by atoms with Crippen LogP contribution in [0.4, 0.5) is 0 Å². The SMILES string of the molecule is CCCCCCCCC/C=C/CCCCCCCOC[C@H](O)[C@@H]1OC[C@@H](O)[C@@H]1O. The van der Waals surface area contributed by atoms with Gasteiger partial charge in [0.2, 0.25) is 0 Å². The molecule has 29 heavy (non-hydrogen) atoms. The number of unbranched alkanes of at least 4 members (excludes halogenated alkanes) is 12. The average molecular weight is 415 g/mol. The lowest BCUT2D eigenvalue weighted by molar-refractivity contribution is -0.0813. The molecule has 1 aliphatic heterocycles. The van der Waals surface area contributed by atoms with Crippen LogP contribution in [0.25, 0.3) is 0 Å². The normalized spacial score (nSPS) is 23.2. The van der Waals surface area contributed by atoms with Gasteiger partial charge < -0.3 is 24.8 Å². The molecule has 0 spiro atoms. The molecular formula is C24H46O5. The van der Waals surface area contributed by atoms with Crippen LogP contribution in [0, 0.1) is 0 Å². The van der Waals surface area contributed by atoms with Gasteiger partial charge in [-0.3, -0.25) is 0 Å². The van der Waals surface area contributed by atoms with Crippen molar-refractivity contribution >= 4 is 0 Å². The van der Waals surface area contributed by atoms with Crippen LogP contribution in [0.15, 0.2) is 12.2 Å². The molecule has 5 nitrogen and oxygen atoms in total. The third kappa shape index (κ3) is 13.5. The number of ether oxygens (including phenoxy) is 2. The van der Waals surface area contributed by atoms with Crippen LogP contribution < -0.4 is 0 Å². The summed E-state index contributed by atoms with van der Waals surface area (Å²) in [6.45, 7) is 3.08. The van der Waals surface area contributed by atoms with Crippen molar-refractivity contribution in [3.8, 4) is 0 Å². The second kappa shape index (κ2) is 18.3. The van der Waals surface area contributed by atoms with Gasteiger partial charge in [-0.2, -0.15) is 0 Å². The van der Waals surface area contributed by atoms with E-state index in [0.717, 1.165) is 12.8 Å². The fourth-order valence-corrected chi connectivity index (χ4v) is 3.72. The summed E-state index contributed by atoms with van der Waals surface area (Å²) in [7, 11) is 0. The van der Waals surface area contributed by atoms with E-state index in [4.69, 9.17) is 9.47 Å². The molecule has 3 N–H and O–H groups in total. The first-order valence-corrected chi connectivity index (χ1v) is 12.0. The summed E-state index contributed by atoms with van der Waals surface area (Å²) in [6.07, 6.45) is 19.0. The molecule has 0 saturated carbocycles. The van der Waals surface area contributed by atoms with Gasteiger partial charge >= 0.3 is 0 Å². The molecule has 0 aromatic rings. The van der Waals surface area contributed by atoms with Gasteiger partial charge in [0.05, 0.1) is 13.2 Å². The third-order valence-electron chi connectivity index (χ3n) is 5.66. The predicted molar refractivity (Wildman–Crippen MR) is 118 cm³/mol. The Balaban J connectivity index is 1.79. The minimum Gasteiger partial charge on any atom is -0.388 e. The van der Waals surface area contributed by atoms with Gasteiger partial charge in [-0.25, -0.2) is 0 Å². The fraction of sp³-hybridized carbons (Fsp3) is 0.917. The summed E-state index contributed by atoms with van der Waals surface area (Å²) in [5.41, 5.74) is 0. The third-order valence-corrected chi connectivity index (χ3v) is 5.66. The Bertz CT molecular complexity index is 387. The number of hydrogen-bond donors (Lipinski definition) is 3. The summed E-state index contributed by atoms with van der Waals surface area (Å²) in [5.74, 6) is 0. The molecule has 1 fully saturated rings. The molecule has 0 bridgehead atoms. The van der Waals surface area contributed by atoms with Crippen LogP contribution in [0.3, 0.4) is 0 Å². The number of rotatable bonds is 19. The minimum atomic E-state index is -1.03. The molecule has 0 aromatic heterocycles. The van der Waals surface area contributed by atoms with Crippen molar-refractivity contribution in [3.63, 3.8) is 0 Å². The number of allylic oxidation sites excluding steroid dienone is 2. The predicted octanol–water partition coefficient (Wildman–Crippen LogP) is 4.52. The summed E-state index contributed by atoms with van der Waals surface area (Å²) in [4.78, 5) is 0. The fourth-order valence-electron chi connectivity index (χ4n) is 3.72. The number of aliphatic hydroxyl groups is 3. The van der Waals surface area contributed by atoms with Crippen molar-refractivity contribution in [1.82, 2.24) is 0 Å². The van der Waals surface area contributed by atoms with Crippen molar-refractivity contribution in [2.45, 2.75) is 121 Å². The molecule has 0 radical (unpaired) electrons. The highest BCUT2D eigenvalue weighted by molar-refractivity contribution is 4.87. The van der Waals surface area contributed by atoms with E-state index in [1.807, 2.05) is 0 Å². The van der Waals surface area contributed by atoms with Gasteiger partial charge in [0.25, 0.3) is 0 Å². The highest BCUT2D eigenvalue weighted by atomic mass is 16.5. The Morgan fingerprint density at radius 2 is 1.41 bits per heavy atom. The Morgan fingerprint density at radius 3 is 1.97 bits per heavy atom. The molecule has 1 aliphatic rings. The molecule has 0 unspecified atom stereocenters. The molecular weight excluding hydrogens is 368 g/mol. The van der Waals surface area contributed by atoms with Crippen LogP contribution in [-0.4, -0.2) is 59.6 Å². The maximum atomic E-state index is 9.94. The zero-order valence-electron chi connectivity index (χ0n) is 18.6. The summed E-state index contributed by atoms with van der Waals surface area (Å²) in [5, 5.41) is 29.0. The standard InChI is InChI=1S/C24H46O5/c1-2-3-4-5-6-7-8-9-10-11-12-13-14-15-16-17-18-28-19-22(26)24-23(27)21(25)20-29-24/h10-11,21-27H,2-9,12-20H2,1H3/b11-10+/t21-,22+,23+,24+/m1/s1. The van der Waals surface area contributed by atoms with Crippen LogP contribution in [0.2, 0.25) is 0 Å². The van der Waals surface area contributed by atoms with Gasteiger partial charge in [-0.15, -0.1) is 0 Å². The highest BCUT2D eigenvalue weighted by Crippen LogP contribution is 2.18. The Labute approximate surface area is 178 Å². The second-order valence-corrected chi connectivity index (χ2v) is 8.44. The maximum Gasteiger partial charge on any atom is 0.114 e. The lowest BCUT2D eigenvalue weighted by Crippen LogP contribution is -2.40. The first-order valence-electron chi connectivity index (χ1n) is 12.0. The zero-order chi connectivity index (χ0) is 21.2. The van der Waals surface area contributed by atoms with Crippen molar-refractivity contribution in [2.24, 2.45) is 0 Å². The van der Waals surface area contributed by atoms with Crippen LogP contribution in [0.5, 0.6) is 0 Å². The molecule has 0 aromatic carbocycles. The first-order chi connectivity index (χ1) is 14.2. The molecule has 0 aliphatic carbocycles. The summed E-state index contributed by atoms with van der Waals surface area (Å²) in [6, 6.07) is 0. The van der Waals surface area contributed by atoms with Gasteiger partial charge in [-0.05, 0) is 32.1 Å². The Hall–Kier alpha value is -0.460. The van der Waals surface area contributed by atoms with Crippen molar-refractivity contribution in [1.29, 1.82) is 0 Å². The average Bonchev–Trinajstić information content (AvgIpc) is 3.05. The van der Waals surface area contributed by atoms with E-state index >= 15 is 0 Å².